The predicted molar refractivity (Wildman–Crippen MR) is 71.8 cm³/mol. The smallest absolute Gasteiger partial charge is 0.381 e. The highest BCUT2D eigenvalue weighted by atomic mass is 19.4. The van der Waals surface area contributed by atoms with Gasteiger partial charge in [-0.2, -0.15) is 13.2 Å². The van der Waals surface area contributed by atoms with Gasteiger partial charge in [-0.1, -0.05) is 0 Å². The van der Waals surface area contributed by atoms with E-state index in [9.17, 15) is 13.2 Å². The van der Waals surface area contributed by atoms with Crippen LogP contribution in [-0.4, -0.2) is 32.7 Å². The van der Waals surface area contributed by atoms with E-state index in [0.29, 0.717) is 31.7 Å². The zero-order valence-electron chi connectivity index (χ0n) is 11.5. The van der Waals surface area contributed by atoms with E-state index in [-0.39, 0.29) is 17.7 Å². The maximum absolute atomic E-state index is 13.2. The maximum atomic E-state index is 13.2. The van der Waals surface area contributed by atoms with Gasteiger partial charge in [0, 0.05) is 25.5 Å². The summed E-state index contributed by atoms with van der Waals surface area (Å²) in [6.45, 7) is 0.844. The molecule has 0 saturated carbocycles. The van der Waals surface area contributed by atoms with Crippen molar-refractivity contribution in [3.63, 3.8) is 0 Å². The number of hydrogen-bond donors (Lipinski definition) is 1. The van der Waals surface area contributed by atoms with Gasteiger partial charge >= 0.3 is 6.18 Å². The Bertz CT molecular complexity index is 664. The second-order valence-corrected chi connectivity index (χ2v) is 4.98. The highest BCUT2D eigenvalue weighted by Crippen LogP contribution is 2.36. The van der Waals surface area contributed by atoms with Crippen LogP contribution < -0.4 is 5.73 Å². The molecule has 1 saturated heterocycles. The first-order chi connectivity index (χ1) is 10.5. The number of ether oxygens (including phenoxy) is 1. The van der Waals surface area contributed by atoms with E-state index in [2.05, 4.69) is 15.0 Å². The molecular formula is C13H14F3N5O. The standard InChI is InChI=1S/C13H14F3N5O/c14-13(15,16)11-19-7-10(9-1-4-18-12(17)20-9)21(11)8-2-5-22-6-3-8/h1,4,7-8H,2-3,5-6H2,(H2,17,18,20). The van der Waals surface area contributed by atoms with Crippen molar-refractivity contribution in [1.29, 1.82) is 0 Å². The van der Waals surface area contributed by atoms with E-state index in [1.165, 1.54) is 23.0 Å². The van der Waals surface area contributed by atoms with E-state index in [1.54, 1.807) is 0 Å². The summed E-state index contributed by atoms with van der Waals surface area (Å²) in [7, 11) is 0. The van der Waals surface area contributed by atoms with Crippen LogP contribution in [0.15, 0.2) is 18.5 Å². The van der Waals surface area contributed by atoms with Crippen molar-refractivity contribution in [3.8, 4) is 11.4 Å². The first-order valence-corrected chi connectivity index (χ1v) is 6.78. The van der Waals surface area contributed by atoms with E-state index < -0.39 is 12.0 Å². The van der Waals surface area contributed by atoms with Gasteiger partial charge in [0.25, 0.3) is 0 Å². The summed E-state index contributed by atoms with van der Waals surface area (Å²) in [6, 6.07) is 1.18. The van der Waals surface area contributed by atoms with Crippen molar-refractivity contribution in [2.24, 2.45) is 0 Å². The maximum Gasteiger partial charge on any atom is 0.449 e. The lowest BCUT2D eigenvalue weighted by Crippen LogP contribution is -2.25. The first kappa shape index (κ1) is 14.8. The summed E-state index contributed by atoms with van der Waals surface area (Å²) in [5.41, 5.74) is 6.13. The van der Waals surface area contributed by atoms with E-state index in [1.807, 2.05) is 0 Å². The van der Waals surface area contributed by atoms with Gasteiger partial charge in [-0.15, -0.1) is 0 Å². The van der Waals surface area contributed by atoms with Crippen molar-refractivity contribution < 1.29 is 17.9 Å². The fourth-order valence-corrected chi connectivity index (χ4v) is 2.59. The van der Waals surface area contributed by atoms with Crippen LogP contribution in [0.1, 0.15) is 24.7 Å². The lowest BCUT2D eigenvalue weighted by molar-refractivity contribution is -0.148. The molecule has 3 rings (SSSR count). The summed E-state index contributed by atoms with van der Waals surface area (Å²) in [4.78, 5) is 11.3. The second-order valence-electron chi connectivity index (χ2n) is 4.98. The Hall–Kier alpha value is -2.16. The zero-order chi connectivity index (χ0) is 15.7. The van der Waals surface area contributed by atoms with Crippen molar-refractivity contribution >= 4 is 5.95 Å². The highest BCUT2D eigenvalue weighted by Gasteiger charge is 2.39. The Morgan fingerprint density at radius 3 is 2.59 bits per heavy atom. The molecule has 118 valence electrons. The average Bonchev–Trinajstić information content (AvgIpc) is 2.93. The molecule has 0 spiro atoms. The van der Waals surface area contributed by atoms with Gasteiger partial charge in [-0.05, 0) is 18.9 Å². The average molecular weight is 313 g/mol. The summed E-state index contributed by atoms with van der Waals surface area (Å²) >= 11 is 0. The molecule has 2 aromatic rings. The summed E-state index contributed by atoms with van der Waals surface area (Å²) in [6.07, 6.45) is -0.957. The molecule has 1 aliphatic rings. The molecule has 22 heavy (non-hydrogen) atoms. The normalized spacial score (nSPS) is 16.9. The number of nitrogens with two attached hydrogens (primary N) is 1. The number of anilines is 1. The van der Waals surface area contributed by atoms with E-state index in [0.717, 1.165) is 0 Å². The van der Waals surface area contributed by atoms with Gasteiger partial charge in [0.2, 0.25) is 11.8 Å². The van der Waals surface area contributed by atoms with Crippen LogP contribution in [0.3, 0.4) is 0 Å². The molecule has 2 N–H and O–H groups in total. The van der Waals surface area contributed by atoms with Crippen molar-refractivity contribution in [2.45, 2.75) is 25.1 Å². The quantitative estimate of drug-likeness (QED) is 0.920. The van der Waals surface area contributed by atoms with Crippen LogP contribution >= 0.6 is 0 Å². The molecule has 3 heterocycles. The minimum atomic E-state index is -4.53. The first-order valence-electron chi connectivity index (χ1n) is 6.78. The number of imidazole rings is 1. The SMILES string of the molecule is Nc1nccc(-c2cnc(C(F)(F)F)n2C2CCOCC2)n1. The third kappa shape index (κ3) is 2.76. The van der Waals surface area contributed by atoms with Crippen LogP contribution in [0.5, 0.6) is 0 Å². The van der Waals surface area contributed by atoms with Crippen LogP contribution in [-0.2, 0) is 10.9 Å². The third-order valence-corrected chi connectivity index (χ3v) is 3.54. The Morgan fingerprint density at radius 2 is 1.95 bits per heavy atom. The van der Waals surface area contributed by atoms with Gasteiger partial charge in [0.05, 0.1) is 17.6 Å². The van der Waals surface area contributed by atoms with Gasteiger partial charge in [-0.3, -0.25) is 0 Å². The molecule has 0 aromatic carbocycles. The fraction of sp³-hybridized carbons (Fsp3) is 0.462. The number of hydrogen-bond acceptors (Lipinski definition) is 5. The molecule has 0 unspecified atom stereocenters. The van der Waals surface area contributed by atoms with Crippen LogP contribution in [0.4, 0.5) is 19.1 Å². The number of rotatable bonds is 2. The molecule has 1 aliphatic heterocycles. The largest absolute Gasteiger partial charge is 0.449 e. The molecule has 0 atom stereocenters. The fourth-order valence-electron chi connectivity index (χ4n) is 2.59. The van der Waals surface area contributed by atoms with Crippen molar-refractivity contribution in [1.82, 2.24) is 19.5 Å². The number of halogens is 3. The van der Waals surface area contributed by atoms with Gasteiger partial charge in [0.15, 0.2) is 0 Å². The molecule has 0 amide bonds. The van der Waals surface area contributed by atoms with Crippen molar-refractivity contribution in [2.75, 3.05) is 18.9 Å². The predicted octanol–water partition coefficient (Wildman–Crippen LogP) is 2.29. The van der Waals surface area contributed by atoms with Gasteiger partial charge < -0.3 is 15.0 Å². The topological polar surface area (TPSA) is 78.8 Å². The van der Waals surface area contributed by atoms with Crippen LogP contribution in [0, 0.1) is 0 Å². The molecule has 6 nitrogen and oxygen atoms in total. The number of nitrogen functional groups attached to an aromatic ring is 1. The molecule has 2 aromatic heterocycles. The molecule has 0 aliphatic carbocycles. The molecule has 1 fully saturated rings. The minimum absolute atomic E-state index is 0.00536. The van der Waals surface area contributed by atoms with Crippen LogP contribution in [0.2, 0.25) is 0 Å². The Morgan fingerprint density at radius 1 is 1.23 bits per heavy atom. The Balaban J connectivity index is 2.12. The number of nitrogens with zero attached hydrogens (tertiary/aromatic N) is 4. The lowest BCUT2D eigenvalue weighted by Gasteiger charge is -2.27. The summed E-state index contributed by atoms with van der Waals surface area (Å²) in [5, 5.41) is 0. The molecule has 9 heteroatoms. The number of aromatic nitrogens is 4. The summed E-state index contributed by atoms with van der Waals surface area (Å²) < 4.78 is 46.1. The molecule has 0 radical (unpaired) electrons. The Labute approximate surface area is 124 Å². The Kier molecular flexibility index (Phi) is 3.73. The molecular weight excluding hydrogens is 299 g/mol. The minimum Gasteiger partial charge on any atom is -0.381 e. The van der Waals surface area contributed by atoms with E-state index >= 15 is 0 Å². The van der Waals surface area contributed by atoms with Gasteiger partial charge in [0.1, 0.15) is 0 Å². The monoisotopic (exact) mass is 313 g/mol. The molecule has 0 bridgehead atoms. The van der Waals surface area contributed by atoms with E-state index in [4.69, 9.17) is 10.5 Å². The van der Waals surface area contributed by atoms with Crippen molar-refractivity contribution in [3.05, 3.63) is 24.3 Å². The third-order valence-electron chi connectivity index (χ3n) is 3.54. The summed E-state index contributed by atoms with van der Waals surface area (Å²) in [5.74, 6) is -0.919. The highest BCUT2D eigenvalue weighted by molar-refractivity contribution is 5.55. The number of alkyl halides is 3. The second kappa shape index (κ2) is 5.56. The zero-order valence-corrected chi connectivity index (χ0v) is 11.5. The lowest BCUT2D eigenvalue weighted by atomic mass is 10.1. The van der Waals surface area contributed by atoms with Gasteiger partial charge in [-0.25, -0.2) is 15.0 Å². The van der Waals surface area contributed by atoms with Crippen LogP contribution in [0.25, 0.3) is 11.4 Å².